The van der Waals surface area contributed by atoms with Crippen LogP contribution in [0.1, 0.15) is 12.5 Å². The van der Waals surface area contributed by atoms with E-state index >= 15 is 0 Å². The van der Waals surface area contributed by atoms with Gasteiger partial charge in [0, 0.05) is 12.6 Å². The minimum absolute atomic E-state index is 0.0757. The van der Waals surface area contributed by atoms with E-state index in [0.717, 1.165) is 0 Å². The fourth-order valence-electron chi connectivity index (χ4n) is 1.39. The van der Waals surface area contributed by atoms with Crippen LogP contribution in [-0.4, -0.2) is 26.8 Å². The molecular formula is C11H15N3O5S. The summed E-state index contributed by atoms with van der Waals surface area (Å²) in [6.45, 7) is 2.31. The van der Waals surface area contributed by atoms with Crippen LogP contribution in [0, 0.1) is 6.92 Å². The number of carbonyl (C=O) groups excluding carboxylic acids is 2. The molecule has 0 aliphatic carbocycles. The highest BCUT2D eigenvalue weighted by Gasteiger charge is 2.18. The maximum absolute atomic E-state index is 12.0. The Morgan fingerprint density at radius 2 is 2.00 bits per heavy atom. The highest BCUT2D eigenvalue weighted by Crippen LogP contribution is 2.20. The van der Waals surface area contributed by atoms with Crippen LogP contribution in [0.2, 0.25) is 0 Å². The zero-order valence-electron chi connectivity index (χ0n) is 11.0. The third-order valence-electron chi connectivity index (χ3n) is 2.18. The summed E-state index contributed by atoms with van der Waals surface area (Å²) in [5, 5.41) is 2.47. The van der Waals surface area contributed by atoms with E-state index in [1.165, 1.54) is 19.1 Å². The summed E-state index contributed by atoms with van der Waals surface area (Å²) < 4.78 is 23.9. The minimum Gasteiger partial charge on any atom is -0.368 e. The van der Waals surface area contributed by atoms with Gasteiger partial charge in [-0.2, -0.15) is 0 Å². The third-order valence-corrected chi connectivity index (χ3v) is 3.54. The van der Waals surface area contributed by atoms with Crippen molar-refractivity contribution in [3.8, 4) is 0 Å². The third kappa shape index (κ3) is 4.61. The second-order valence-corrected chi connectivity index (χ2v) is 5.62. The molecule has 0 spiro atoms. The number of hydrogen-bond acceptors (Lipinski definition) is 5. The summed E-state index contributed by atoms with van der Waals surface area (Å²) in [4.78, 5) is 27.6. The van der Waals surface area contributed by atoms with E-state index in [1.807, 2.05) is 0 Å². The number of hydrogen-bond donors (Lipinski definition) is 3. The Kier molecular flexibility index (Phi) is 5.19. The molecule has 0 saturated heterocycles. The Morgan fingerprint density at radius 3 is 2.55 bits per heavy atom. The molecule has 1 aromatic rings. The number of primary amides is 1. The molecule has 0 atom stereocenters. The molecule has 4 N–H and O–H groups in total. The lowest BCUT2D eigenvalue weighted by Gasteiger charge is -2.10. The molecule has 0 aliphatic heterocycles. The lowest BCUT2D eigenvalue weighted by atomic mass is 10.2. The lowest BCUT2D eigenvalue weighted by Crippen LogP contribution is -2.30. The smallest absolute Gasteiger partial charge is 0.262 e. The van der Waals surface area contributed by atoms with Gasteiger partial charge in [0.1, 0.15) is 6.61 Å². The summed E-state index contributed by atoms with van der Waals surface area (Å²) in [6, 6.07) is 4.39. The fraction of sp³-hybridized carbons (Fsp3) is 0.273. The minimum atomic E-state index is -3.98. The number of nitrogens with two attached hydrogens (primary N) is 1. The average molecular weight is 301 g/mol. The molecular weight excluding hydrogens is 286 g/mol. The second-order valence-electron chi connectivity index (χ2n) is 4.00. The molecule has 2 amide bonds. The molecule has 0 bridgehead atoms. The van der Waals surface area contributed by atoms with Gasteiger partial charge in [0.05, 0.1) is 4.90 Å². The van der Waals surface area contributed by atoms with Crippen LogP contribution in [0.15, 0.2) is 23.1 Å². The highest BCUT2D eigenvalue weighted by atomic mass is 32.2. The van der Waals surface area contributed by atoms with Crippen LogP contribution in [0.5, 0.6) is 0 Å². The van der Waals surface area contributed by atoms with Gasteiger partial charge in [-0.25, -0.2) is 8.42 Å². The number of nitrogens with one attached hydrogen (secondary N) is 2. The first-order valence-corrected chi connectivity index (χ1v) is 7.01. The first-order valence-electron chi connectivity index (χ1n) is 5.52. The van der Waals surface area contributed by atoms with E-state index < -0.39 is 22.5 Å². The van der Waals surface area contributed by atoms with Crippen molar-refractivity contribution in [3.63, 3.8) is 0 Å². The van der Waals surface area contributed by atoms with Crippen LogP contribution >= 0.6 is 0 Å². The van der Waals surface area contributed by atoms with Gasteiger partial charge in [-0.15, -0.1) is 0 Å². The van der Waals surface area contributed by atoms with Crippen LogP contribution < -0.4 is 15.9 Å². The van der Waals surface area contributed by atoms with Crippen molar-refractivity contribution < 1.29 is 22.8 Å². The summed E-state index contributed by atoms with van der Waals surface area (Å²) in [6.07, 6.45) is 0. The predicted molar refractivity (Wildman–Crippen MR) is 71.0 cm³/mol. The van der Waals surface area contributed by atoms with Gasteiger partial charge in [-0.3, -0.25) is 14.4 Å². The molecule has 110 valence electrons. The van der Waals surface area contributed by atoms with Gasteiger partial charge < -0.3 is 11.1 Å². The number of benzene rings is 1. The summed E-state index contributed by atoms with van der Waals surface area (Å²) in [7, 11) is -3.98. The second kappa shape index (κ2) is 6.46. The van der Waals surface area contributed by atoms with Gasteiger partial charge >= 0.3 is 0 Å². The van der Waals surface area contributed by atoms with Gasteiger partial charge in [0.2, 0.25) is 11.8 Å². The molecule has 0 aliphatic rings. The molecule has 0 saturated carbocycles. The van der Waals surface area contributed by atoms with Crippen LogP contribution in [0.25, 0.3) is 0 Å². The van der Waals surface area contributed by atoms with E-state index in [4.69, 9.17) is 5.73 Å². The molecule has 1 aromatic carbocycles. The Hall–Kier alpha value is -1.97. The van der Waals surface area contributed by atoms with E-state index in [-0.39, 0.29) is 10.8 Å². The first-order chi connectivity index (χ1) is 9.22. The Balaban J connectivity index is 2.98. The molecule has 0 radical (unpaired) electrons. The number of rotatable bonds is 6. The molecule has 9 heteroatoms. The number of aryl methyl sites for hydroxylation is 1. The Bertz CT molecular complexity index is 627. The number of sulfonamides is 1. The average Bonchev–Trinajstić information content (AvgIpc) is 2.30. The largest absolute Gasteiger partial charge is 0.368 e. The van der Waals surface area contributed by atoms with Gasteiger partial charge in [-0.05, 0) is 24.6 Å². The zero-order chi connectivity index (χ0) is 15.3. The maximum atomic E-state index is 12.0. The summed E-state index contributed by atoms with van der Waals surface area (Å²) in [5.41, 5.74) is 5.61. The maximum Gasteiger partial charge on any atom is 0.262 e. The van der Waals surface area contributed by atoms with Crippen LogP contribution in [-0.2, 0) is 24.4 Å². The fourth-order valence-corrected chi connectivity index (χ4v) is 2.47. The predicted octanol–water partition coefficient (Wildman–Crippen LogP) is -0.351. The molecule has 0 fully saturated rings. The zero-order valence-corrected chi connectivity index (χ0v) is 11.8. The van der Waals surface area contributed by atoms with E-state index in [2.05, 4.69) is 10.2 Å². The van der Waals surface area contributed by atoms with E-state index in [9.17, 15) is 18.0 Å². The molecule has 8 nitrogen and oxygen atoms in total. The van der Waals surface area contributed by atoms with Crippen LogP contribution in [0.3, 0.4) is 0 Å². The molecule has 0 unspecified atom stereocenters. The monoisotopic (exact) mass is 301 g/mol. The van der Waals surface area contributed by atoms with Gasteiger partial charge in [0.15, 0.2) is 0 Å². The standard InChI is InChI=1S/C11H15N3O5S/c1-7-3-4-9(13-8(2)15)5-10(7)20(17,18)14-19-6-11(12)16/h3-5,14H,6H2,1-2H3,(H2,12,16)(H,13,15). The van der Waals surface area contributed by atoms with Crippen molar-refractivity contribution in [2.75, 3.05) is 11.9 Å². The SMILES string of the molecule is CC(=O)Nc1ccc(C)c(S(=O)(=O)NOCC(N)=O)c1. The van der Waals surface area contributed by atoms with Crippen molar-refractivity contribution >= 4 is 27.5 Å². The van der Waals surface area contributed by atoms with Crippen molar-refractivity contribution in [2.45, 2.75) is 18.7 Å². The van der Waals surface area contributed by atoms with Crippen molar-refractivity contribution in [3.05, 3.63) is 23.8 Å². The van der Waals surface area contributed by atoms with E-state index in [0.29, 0.717) is 11.3 Å². The van der Waals surface area contributed by atoms with Crippen molar-refractivity contribution in [1.29, 1.82) is 0 Å². The number of amides is 2. The summed E-state index contributed by atoms with van der Waals surface area (Å²) in [5.74, 6) is -1.13. The first kappa shape index (κ1) is 16.1. The lowest BCUT2D eigenvalue weighted by molar-refractivity contribution is -0.123. The van der Waals surface area contributed by atoms with Gasteiger partial charge in [-0.1, -0.05) is 11.0 Å². The number of carbonyl (C=O) groups is 2. The van der Waals surface area contributed by atoms with Gasteiger partial charge in [0.25, 0.3) is 10.0 Å². The quantitative estimate of drug-likeness (QED) is 0.619. The van der Waals surface area contributed by atoms with E-state index in [1.54, 1.807) is 17.9 Å². The topological polar surface area (TPSA) is 128 Å². The Morgan fingerprint density at radius 1 is 1.35 bits per heavy atom. The number of anilines is 1. The van der Waals surface area contributed by atoms with Crippen molar-refractivity contribution in [1.82, 2.24) is 4.89 Å². The Labute approximate surface area is 116 Å². The summed E-state index contributed by atoms with van der Waals surface area (Å²) >= 11 is 0. The van der Waals surface area contributed by atoms with Crippen molar-refractivity contribution in [2.24, 2.45) is 5.73 Å². The molecule has 20 heavy (non-hydrogen) atoms. The molecule has 1 rings (SSSR count). The van der Waals surface area contributed by atoms with Crippen LogP contribution in [0.4, 0.5) is 5.69 Å². The molecule has 0 aromatic heterocycles. The molecule has 0 heterocycles. The highest BCUT2D eigenvalue weighted by molar-refractivity contribution is 7.89. The normalized spacial score (nSPS) is 11.1.